The molecule has 0 spiro atoms. The lowest BCUT2D eigenvalue weighted by Crippen LogP contribution is -2.19. The maximum Gasteiger partial charge on any atom is 0.266 e. The Balaban J connectivity index is 1.93. The van der Waals surface area contributed by atoms with Crippen LogP contribution in [0, 0.1) is 5.92 Å². The molecule has 116 valence electrons. The predicted octanol–water partition coefficient (Wildman–Crippen LogP) is 4.05. The molecule has 2 aromatic rings. The van der Waals surface area contributed by atoms with Crippen LogP contribution in [-0.2, 0) is 12.8 Å². The van der Waals surface area contributed by atoms with E-state index < -0.39 is 5.91 Å². The molecule has 0 saturated heterocycles. The van der Waals surface area contributed by atoms with Gasteiger partial charge in [0.25, 0.3) is 11.8 Å². The molecule has 7 heteroatoms. The number of anilines is 1. The Kier molecular flexibility index (Phi) is 4.38. The predicted molar refractivity (Wildman–Crippen MR) is 94.0 cm³/mol. The Bertz CT molecular complexity index is 751. The maximum atomic E-state index is 12.3. The Labute approximate surface area is 144 Å². The zero-order chi connectivity index (χ0) is 15.9. The highest BCUT2D eigenvalue weighted by Crippen LogP contribution is 2.39. The summed E-state index contributed by atoms with van der Waals surface area (Å²) in [4.78, 5) is 25.9. The first kappa shape index (κ1) is 15.7. The maximum absolute atomic E-state index is 12.3. The van der Waals surface area contributed by atoms with Crippen LogP contribution in [-0.4, -0.2) is 11.8 Å². The minimum Gasteiger partial charge on any atom is -0.365 e. The Morgan fingerprint density at radius 3 is 2.77 bits per heavy atom. The van der Waals surface area contributed by atoms with E-state index in [9.17, 15) is 9.59 Å². The normalized spacial score (nSPS) is 17.1. The second kappa shape index (κ2) is 6.14. The van der Waals surface area contributed by atoms with Gasteiger partial charge in [0.2, 0.25) is 0 Å². The Morgan fingerprint density at radius 1 is 1.36 bits per heavy atom. The number of carbonyl (C=O) groups is 2. The standard InChI is InChI=1S/C15H15BrN2O2S2/c1-7-2-3-9-8(6-7)12(13(17)19)15(22-9)18-14(20)10-4-5-11(16)21-10/h4-5,7H,2-3,6H2,1H3,(H2,17,19)(H,18,20)/t7-/m1/s1. The number of primary amides is 1. The van der Waals surface area contributed by atoms with E-state index in [1.807, 2.05) is 6.07 Å². The average Bonchev–Trinajstić information content (AvgIpc) is 3.01. The molecule has 4 nitrogen and oxygen atoms in total. The lowest BCUT2D eigenvalue weighted by atomic mass is 9.87. The molecule has 1 aliphatic rings. The minimum atomic E-state index is -0.464. The summed E-state index contributed by atoms with van der Waals surface area (Å²) in [7, 11) is 0. The molecule has 3 N–H and O–H groups in total. The summed E-state index contributed by atoms with van der Waals surface area (Å²) in [5, 5.41) is 3.45. The molecular formula is C15H15BrN2O2S2. The third-order valence-corrected chi connectivity index (χ3v) is 6.61. The van der Waals surface area contributed by atoms with Crippen molar-refractivity contribution in [3.05, 3.63) is 36.8 Å². The summed E-state index contributed by atoms with van der Waals surface area (Å²) >= 11 is 6.18. The first-order chi connectivity index (χ1) is 10.5. The van der Waals surface area contributed by atoms with Gasteiger partial charge >= 0.3 is 0 Å². The van der Waals surface area contributed by atoms with Crippen molar-refractivity contribution in [2.45, 2.75) is 26.2 Å². The number of hydrogen-bond acceptors (Lipinski definition) is 4. The van der Waals surface area contributed by atoms with E-state index in [2.05, 4.69) is 28.2 Å². The number of nitrogens with two attached hydrogens (primary N) is 1. The monoisotopic (exact) mass is 398 g/mol. The molecule has 0 aliphatic heterocycles. The molecule has 0 unspecified atom stereocenters. The van der Waals surface area contributed by atoms with E-state index in [4.69, 9.17) is 5.73 Å². The van der Waals surface area contributed by atoms with Crippen LogP contribution in [0.4, 0.5) is 5.00 Å². The van der Waals surface area contributed by atoms with Crippen LogP contribution in [0.15, 0.2) is 15.9 Å². The number of halogens is 1. The van der Waals surface area contributed by atoms with E-state index in [-0.39, 0.29) is 5.91 Å². The van der Waals surface area contributed by atoms with Crippen molar-refractivity contribution in [2.24, 2.45) is 11.7 Å². The van der Waals surface area contributed by atoms with Crippen LogP contribution in [0.25, 0.3) is 0 Å². The molecule has 22 heavy (non-hydrogen) atoms. The number of hydrogen-bond donors (Lipinski definition) is 2. The molecule has 1 aliphatic carbocycles. The molecule has 0 radical (unpaired) electrons. The molecule has 2 heterocycles. The average molecular weight is 399 g/mol. The summed E-state index contributed by atoms with van der Waals surface area (Å²) in [6.45, 7) is 2.17. The van der Waals surface area contributed by atoms with Crippen LogP contribution < -0.4 is 11.1 Å². The van der Waals surface area contributed by atoms with E-state index in [1.165, 1.54) is 27.6 Å². The fraction of sp³-hybridized carbons (Fsp3) is 0.333. The second-order valence-corrected chi connectivity index (χ2v) is 9.05. The van der Waals surface area contributed by atoms with Crippen LogP contribution in [0.1, 0.15) is 43.8 Å². The van der Waals surface area contributed by atoms with Crippen molar-refractivity contribution in [3.63, 3.8) is 0 Å². The highest BCUT2D eigenvalue weighted by molar-refractivity contribution is 9.11. The Morgan fingerprint density at radius 2 is 2.14 bits per heavy atom. The number of nitrogens with one attached hydrogen (secondary N) is 1. The molecule has 3 rings (SSSR count). The van der Waals surface area contributed by atoms with Gasteiger partial charge in [0.05, 0.1) is 14.2 Å². The van der Waals surface area contributed by atoms with Gasteiger partial charge in [-0.1, -0.05) is 6.92 Å². The minimum absolute atomic E-state index is 0.204. The summed E-state index contributed by atoms with van der Waals surface area (Å²) in [5.74, 6) is -0.129. The highest BCUT2D eigenvalue weighted by atomic mass is 79.9. The van der Waals surface area contributed by atoms with Crippen molar-refractivity contribution in [1.29, 1.82) is 0 Å². The van der Waals surface area contributed by atoms with Gasteiger partial charge in [-0.15, -0.1) is 22.7 Å². The molecule has 1 atom stereocenters. The lowest BCUT2D eigenvalue weighted by molar-refractivity contribution is 0.1000. The largest absolute Gasteiger partial charge is 0.365 e. The van der Waals surface area contributed by atoms with Crippen LogP contribution >= 0.6 is 38.6 Å². The molecule has 0 bridgehead atoms. The summed E-state index contributed by atoms with van der Waals surface area (Å²) in [5.41, 5.74) is 7.08. The van der Waals surface area contributed by atoms with Crippen molar-refractivity contribution in [3.8, 4) is 0 Å². The molecule has 2 aromatic heterocycles. The summed E-state index contributed by atoms with van der Waals surface area (Å²) in [6, 6.07) is 3.58. The smallest absolute Gasteiger partial charge is 0.266 e. The van der Waals surface area contributed by atoms with Gasteiger partial charge in [-0.05, 0) is 58.8 Å². The van der Waals surface area contributed by atoms with Gasteiger partial charge in [-0.2, -0.15) is 0 Å². The van der Waals surface area contributed by atoms with Gasteiger partial charge in [0, 0.05) is 4.88 Å². The molecule has 0 saturated carbocycles. The first-order valence-corrected chi connectivity index (χ1v) is 9.39. The number of carbonyl (C=O) groups excluding carboxylic acids is 2. The summed E-state index contributed by atoms with van der Waals surface area (Å²) in [6.07, 6.45) is 2.91. The van der Waals surface area contributed by atoms with E-state index in [0.29, 0.717) is 21.4 Å². The number of rotatable bonds is 3. The summed E-state index contributed by atoms with van der Waals surface area (Å²) < 4.78 is 0.895. The van der Waals surface area contributed by atoms with Crippen molar-refractivity contribution < 1.29 is 9.59 Å². The van der Waals surface area contributed by atoms with Gasteiger partial charge in [-0.3, -0.25) is 9.59 Å². The second-order valence-electron chi connectivity index (χ2n) is 5.48. The number of fused-ring (bicyclic) bond motifs is 1. The quantitative estimate of drug-likeness (QED) is 0.818. The fourth-order valence-electron chi connectivity index (χ4n) is 2.71. The fourth-order valence-corrected chi connectivity index (χ4v) is 5.23. The van der Waals surface area contributed by atoms with E-state index in [0.717, 1.165) is 28.6 Å². The van der Waals surface area contributed by atoms with Crippen LogP contribution in [0.2, 0.25) is 0 Å². The highest BCUT2D eigenvalue weighted by Gasteiger charge is 2.27. The Hall–Kier alpha value is -1.18. The zero-order valence-electron chi connectivity index (χ0n) is 11.9. The number of aryl methyl sites for hydroxylation is 1. The molecule has 0 fully saturated rings. The van der Waals surface area contributed by atoms with Gasteiger partial charge in [0.15, 0.2) is 0 Å². The van der Waals surface area contributed by atoms with Crippen molar-refractivity contribution in [2.75, 3.05) is 5.32 Å². The molecule has 0 aromatic carbocycles. The van der Waals surface area contributed by atoms with Crippen molar-refractivity contribution in [1.82, 2.24) is 0 Å². The topological polar surface area (TPSA) is 72.2 Å². The SMILES string of the molecule is C[C@@H]1CCc2sc(NC(=O)c3ccc(Br)s3)c(C(N)=O)c2C1. The van der Waals surface area contributed by atoms with Crippen LogP contribution in [0.3, 0.4) is 0 Å². The third kappa shape index (κ3) is 2.98. The number of amides is 2. The zero-order valence-corrected chi connectivity index (χ0v) is 15.2. The van der Waals surface area contributed by atoms with Gasteiger partial charge in [0.1, 0.15) is 5.00 Å². The van der Waals surface area contributed by atoms with Gasteiger partial charge in [-0.25, -0.2) is 0 Å². The first-order valence-electron chi connectivity index (χ1n) is 6.96. The lowest BCUT2D eigenvalue weighted by Gasteiger charge is -2.18. The number of thiophene rings is 2. The molecular weight excluding hydrogens is 384 g/mol. The van der Waals surface area contributed by atoms with Crippen molar-refractivity contribution >= 4 is 55.4 Å². The molecule has 2 amide bonds. The van der Waals surface area contributed by atoms with Crippen LogP contribution in [0.5, 0.6) is 0 Å². The van der Waals surface area contributed by atoms with Gasteiger partial charge < -0.3 is 11.1 Å². The third-order valence-electron chi connectivity index (χ3n) is 3.78. The van der Waals surface area contributed by atoms with E-state index in [1.54, 1.807) is 6.07 Å². The van der Waals surface area contributed by atoms with E-state index >= 15 is 0 Å².